The van der Waals surface area contributed by atoms with Gasteiger partial charge >= 0.3 is 0 Å². The number of carbonyl (C=O) groups is 2. The fourth-order valence-electron chi connectivity index (χ4n) is 3.65. The van der Waals surface area contributed by atoms with Crippen LogP contribution in [0.1, 0.15) is 40.5 Å². The quantitative estimate of drug-likeness (QED) is 0.908. The van der Waals surface area contributed by atoms with Crippen molar-refractivity contribution in [2.75, 3.05) is 18.4 Å². The van der Waals surface area contributed by atoms with Crippen molar-refractivity contribution in [2.24, 2.45) is 11.3 Å². The summed E-state index contributed by atoms with van der Waals surface area (Å²) in [5.41, 5.74) is 1.58. The lowest BCUT2D eigenvalue weighted by atomic mass is 9.91. The third-order valence-electron chi connectivity index (χ3n) is 5.10. The van der Waals surface area contributed by atoms with Gasteiger partial charge in [0.1, 0.15) is 0 Å². The Morgan fingerprint density at radius 2 is 2.00 bits per heavy atom. The molecular weight excluding hydrogens is 326 g/mol. The molecule has 0 aliphatic carbocycles. The van der Waals surface area contributed by atoms with Crippen molar-refractivity contribution in [1.82, 2.24) is 9.47 Å². The van der Waals surface area contributed by atoms with Crippen LogP contribution >= 0.6 is 0 Å². The Bertz CT molecular complexity index is 816. The van der Waals surface area contributed by atoms with Crippen LogP contribution in [0.3, 0.4) is 0 Å². The molecule has 2 amide bonds. The third-order valence-corrected chi connectivity index (χ3v) is 5.10. The topological polar surface area (TPSA) is 54.3 Å². The number of carbonyl (C=O) groups excluding carboxylic acids is 2. The Morgan fingerprint density at radius 1 is 1.23 bits per heavy atom. The van der Waals surface area contributed by atoms with E-state index in [4.69, 9.17) is 0 Å². The molecule has 1 aromatic heterocycles. The molecule has 1 atom stereocenters. The van der Waals surface area contributed by atoms with E-state index in [-0.39, 0.29) is 17.7 Å². The maximum absolute atomic E-state index is 12.7. The maximum Gasteiger partial charge on any atom is 0.229 e. The van der Waals surface area contributed by atoms with Crippen molar-refractivity contribution < 1.29 is 9.59 Å². The Hall–Kier alpha value is -2.30. The van der Waals surface area contributed by atoms with Gasteiger partial charge in [-0.15, -0.1) is 0 Å². The van der Waals surface area contributed by atoms with Crippen molar-refractivity contribution in [2.45, 2.75) is 47.1 Å². The highest BCUT2D eigenvalue weighted by atomic mass is 16.2. The summed E-state index contributed by atoms with van der Waals surface area (Å²) in [6.45, 7) is 10.1. The molecule has 1 saturated heterocycles. The third kappa shape index (κ3) is 3.76. The summed E-state index contributed by atoms with van der Waals surface area (Å²) in [6.07, 6.45) is 3.76. The highest BCUT2D eigenvalue weighted by Crippen LogP contribution is 2.25. The fourth-order valence-corrected chi connectivity index (χ4v) is 3.65. The fraction of sp³-hybridized carbons (Fsp3) is 0.524. The number of benzene rings is 1. The predicted molar refractivity (Wildman–Crippen MR) is 105 cm³/mol. The molecule has 0 bridgehead atoms. The second-order valence-electron chi connectivity index (χ2n) is 8.20. The molecule has 140 valence electrons. The first-order valence-corrected chi connectivity index (χ1v) is 9.48. The van der Waals surface area contributed by atoms with Gasteiger partial charge in [-0.05, 0) is 44.0 Å². The summed E-state index contributed by atoms with van der Waals surface area (Å²) in [6, 6.07) is 8.08. The number of amides is 2. The Balaban J connectivity index is 1.68. The lowest BCUT2D eigenvalue weighted by Crippen LogP contribution is -2.47. The van der Waals surface area contributed by atoms with E-state index in [0.717, 1.165) is 37.0 Å². The van der Waals surface area contributed by atoms with Crippen LogP contribution in [-0.2, 0) is 16.1 Å². The zero-order valence-corrected chi connectivity index (χ0v) is 16.2. The van der Waals surface area contributed by atoms with Crippen LogP contribution in [0.25, 0.3) is 10.9 Å². The van der Waals surface area contributed by atoms with E-state index in [1.54, 1.807) is 0 Å². The van der Waals surface area contributed by atoms with E-state index in [2.05, 4.69) is 29.1 Å². The molecule has 2 heterocycles. The molecule has 0 spiro atoms. The highest BCUT2D eigenvalue weighted by Gasteiger charge is 2.33. The van der Waals surface area contributed by atoms with Crippen LogP contribution in [0.2, 0.25) is 0 Å². The van der Waals surface area contributed by atoms with Gasteiger partial charge in [-0.3, -0.25) is 9.59 Å². The standard InChI is InChI=1S/C21H29N3O2/c1-5-23-12-10-15-13-17(8-9-18(15)23)22-19(25)16-7-6-11-24(14-16)20(26)21(2,3)4/h8-10,12-13,16H,5-7,11,14H2,1-4H3,(H,22,25). The number of piperidine rings is 1. The van der Waals surface area contributed by atoms with Crippen molar-refractivity contribution in [3.05, 3.63) is 30.5 Å². The van der Waals surface area contributed by atoms with E-state index >= 15 is 0 Å². The van der Waals surface area contributed by atoms with Crippen molar-refractivity contribution in [1.29, 1.82) is 0 Å². The van der Waals surface area contributed by atoms with E-state index in [0.29, 0.717) is 6.54 Å². The highest BCUT2D eigenvalue weighted by molar-refractivity contribution is 5.95. The lowest BCUT2D eigenvalue weighted by Gasteiger charge is -2.35. The minimum atomic E-state index is -0.407. The summed E-state index contributed by atoms with van der Waals surface area (Å²) in [5.74, 6) is -0.0194. The minimum absolute atomic E-state index is 0.00526. The Morgan fingerprint density at radius 3 is 2.69 bits per heavy atom. The molecule has 1 aromatic carbocycles. The Labute approximate surface area is 155 Å². The summed E-state index contributed by atoms with van der Waals surface area (Å²) < 4.78 is 2.18. The van der Waals surface area contributed by atoms with Gasteiger partial charge in [-0.25, -0.2) is 0 Å². The first-order valence-electron chi connectivity index (χ1n) is 9.48. The Kier molecular flexibility index (Phi) is 5.08. The second kappa shape index (κ2) is 7.14. The summed E-state index contributed by atoms with van der Waals surface area (Å²) in [5, 5.41) is 4.17. The molecule has 1 fully saturated rings. The van der Waals surface area contributed by atoms with Crippen LogP contribution in [0, 0.1) is 11.3 Å². The molecule has 1 unspecified atom stereocenters. The average Bonchev–Trinajstić information content (AvgIpc) is 3.02. The number of nitrogens with zero attached hydrogens (tertiary/aromatic N) is 2. The van der Waals surface area contributed by atoms with E-state index < -0.39 is 5.41 Å². The van der Waals surface area contributed by atoms with Crippen LogP contribution in [0.5, 0.6) is 0 Å². The van der Waals surface area contributed by atoms with Crippen LogP contribution in [0.4, 0.5) is 5.69 Å². The monoisotopic (exact) mass is 355 g/mol. The van der Waals surface area contributed by atoms with Gasteiger partial charge in [-0.1, -0.05) is 20.8 Å². The number of anilines is 1. The van der Waals surface area contributed by atoms with Crippen LogP contribution in [0.15, 0.2) is 30.5 Å². The van der Waals surface area contributed by atoms with Crippen LogP contribution in [-0.4, -0.2) is 34.4 Å². The van der Waals surface area contributed by atoms with Crippen molar-refractivity contribution >= 4 is 28.4 Å². The number of hydrogen-bond acceptors (Lipinski definition) is 2. The van der Waals surface area contributed by atoms with Gasteiger partial charge in [-0.2, -0.15) is 0 Å². The maximum atomic E-state index is 12.7. The molecule has 0 radical (unpaired) electrons. The summed E-state index contributed by atoms with van der Waals surface area (Å²) >= 11 is 0. The molecular formula is C21H29N3O2. The molecule has 1 aliphatic rings. The molecule has 3 rings (SSSR count). The van der Waals surface area contributed by atoms with E-state index in [1.165, 1.54) is 5.52 Å². The number of aryl methyl sites for hydroxylation is 1. The van der Waals surface area contributed by atoms with Gasteiger partial charge in [0.15, 0.2) is 0 Å². The number of likely N-dealkylation sites (tertiary alicyclic amines) is 1. The average molecular weight is 355 g/mol. The first kappa shape index (κ1) is 18.5. The van der Waals surface area contributed by atoms with E-state index in [1.807, 2.05) is 43.9 Å². The molecule has 2 aromatic rings. The van der Waals surface area contributed by atoms with Gasteiger partial charge in [0.2, 0.25) is 11.8 Å². The zero-order chi connectivity index (χ0) is 18.9. The van der Waals surface area contributed by atoms with Gasteiger partial charge in [0.05, 0.1) is 5.92 Å². The summed E-state index contributed by atoms with van der Waals surface area (Å²) in [7, 11) is 0. The number of fused-ring (bicyclic) bond motifs is 1. The molecule has 1 aliphatic heterocycles. The molecule has 0 saturated carbocycles. The summed E-state index contributed by atoms with van der Waals surface area (Å²) in [4.78, 5) is 27.1. The minimum Gasteiger partial charge on any atom is -0.348 e. The van der Waals surface area contributed by atoms with Gasteiger partial charge in [0, 0.05) is 47.8 Å². The van der Waals surface area contributed by atoms with Gasteiger partial charge in [0.25, 0.3) is 0 Å². The van der Waals surface area contributed by atoms with E-state index in [9.17, 15) is 9.59 Å². The van der Waals surface area contributed by atoms with Crippen molar-refractivity contribution in [3.63, 3.8) is 0 Å². The molecule has 1 N–H and O–H groups in total. The molecule has 5 nitrogen and oxygen atoms in total. The predicted octanol–water partition coefficient (Wildman–Crippen LogP) is 3.88. The largest absolute Gasteiger partial charge is 0.348 e. The normalized spacial score (nSPS) is 18.2. The SMILES string of the molecule is CCn1ccc2cc(NC(=O)C3CCCN(C(=O)C(C)(C)C)C3)ccc21. The lowest BCUT2D eigenvalue weighted by molar-refractivity contribution is -0.142. The number of nitrogens with one attached hydrogen (secondary N) is 1. The van der Waals surface area contributed by atoms with Gasteiger partial charge < -0.3 is 14.8 Å². The van der Waals surface area contributed by atoms with Crippen LogP contribution < -0.4 is 5.32 Å². The number of aromatic nitrogens is 1. The molecule has 5 heteroatoms. The number of rotatable bonds is 3. The zero-order valence-electron chi connectivity index (χ0n) is 16.2. The first-order chi connectivity index (χ1) is 12.3. The molecule has 26 heavy (non-hydrogen) atoms. The smallest absolute Gasteiger partial charge is 0.229 e. The number of hydrogen-bond donors (Lipinski definition) is 1. The second-order valence-corrected chi connectivity index (χ2v) is 8.20. The van der Waals surface area contributed by atoms with Crippen molar-refractivity contribution in [3.8, 4) is 0 Å².